The zero-order valence-electron chi connectivity index (χ0n) is 34.4. The highest BCUT2D eigenvalue weighted by Gasteiger charge is 2.44. The molecule has 3 nitrogen and oxygen atoms in total. The van der Waals surface area contributed by atoms with Gasteiger partial charge in [0, 0.05) is 16.7 Å². The van der Waals surface area contributed by atoms with Gasteiger partial charge in [0.2, 0.25) is 0 Å². The SMILES string of the molecule is CC(C)c1cccc(C(C)C)c1N1[C](c2ccc(N3c4ccccc4C(C)(C)c4ccccc43)cc2)N(c2c(C(C)C)cccc2C(C)C)c2ccccc21. The summed E-state index contributed by atoms with van der Waals surface area (Å²) < 4.78 is 0. The molecule has 55 heavy (non-hydrogen) atoms. The molecule has 2 aliphatic rings. The van der Waals surface area contributed by atoms with Crippen molar-refractivity contribution < 1.29 is 0 Å². The van der Waals surface area contributed by atoms with Crippen molar-refractivity contribution in [3.63, 3.8) is 0 Å². The summed E-state index contributed by atoms with van der Waals surface area (Å²) in [4.78, 5) is 7.66. The van der Waals surface area contributed by atoms with Gasteiger partial charge in [0.1, 0.15) is 0 Å². The first-order valence-electron chi connectivity index (χ1n) is 20.3. The zero-order valence-corrected chi connectivity index (χ0v) is 34.4. The van der Waals surface area contributed by atoms with Crippen LogP contribution >= 0.6 is 0 Å². The molecule has 0 saturated heterocycles. The highest BCUT2D eigenvalue weighted by molar-refractivity contribution is 5.97. The summed E-state index contributed by atoms with van der Waals surface area (Å²) in [5.41, 5.74) is 17.9. The number of hydrogen-bond acceptors (Lipinski definition) is 3. The predicted octanol–water partition coefficient (Wildman–Crippen LogP) is 15.1. The Kier molecular flexibility index (Phi) is 9.40. The summed E-state index contributed by atoms with van der Waals surface area (Å²) in [6.45, 7) is 23.3. The van der Waals surface area contributed by atoms with Gasteiger partial charge < -0.3 is 14.7 Å². The van der Waals surface area contributed by atoms with E-state index < -0.39 is 0 Å². The molecule has 0 saturated carbocycles. The Morgan fingerprint density at radius 3 is 1.07 bits per heavy atom. The highest BCUT2D eigenvalue weighted by atomic mass is 15.4. The molecule has 2 heterocycles. The maximum Gasteiger partial charge on any atom is 0.196 e. The van der Waals surface area contributed by atoms with Crippen molar-refractivity contribution >= 4 is 39.8 Å². The van der Waals surface area contributed by atoms with Gasteiger partial charge in [-0.05, 0) is 93.5 Å². The molecule has 0 aromatic heterocycles. The Hall–Kier alpha value is -5.28. The molecule has 3 heteroatoms. The minimum Gasteiger partial charge on any atom is -0.310 e. The van der Waals surface area contributed by atoms with E-state index in [2.05, 4.69) is 217 Å². The van der Waals surface area contributed by atoms with Gasteiger partial charge in [0.05, 0.1) is 34.1 Å². The van der Waals surface area contributed by atoms with Crippen LogP contribution < -0.4 is 14.7 Å². The van der Waals surface area contributed by atoms with E-state index >= 15 is 0 Å². The summed E-state index contributed by atoms with van der Waals surface area (Å²) in [7, 11) is 0. The van der Waals surface area contributed by atoms with Gasteiger partial charge in [-0.15, -0.1) is 0 Å². The van der Waals surface area contributed by atoms with E-state index in [9.17, 15) is 0 Å². The monoisotopic (exact) mass is 722 g/mol. The molecule has 1 radical (unpaired) electrons. The average Bonchev–Trinajstić information content (AvgIpc) is 3.52. The molecular formula is C52H56N3. The van der Waals surface area contributed by atoms with Crippen molar-refractivity contribution in [1.82, 2.24) is 0 Å². The molecule has 0 bridgehead atoms. The van der Waals surface area contributed by atoms with Crippen molar-refractivity contribution in [3.05, 3.63) is 179 Å². The van der Waals surface area contributed by atoms with Crippen LogP contribution in [0.5, 0.6) is 0 Å². The van der Waals surface area contributed by atoms with Crippen LogP contribution in [0.4, 0.5) is 39.8 Å². The summed E-state index contributed by atoms with van der Waals surface area (Å²) in [5.74, 6) is 1.37. The molecule has 6 aromatic rings. The molecule has 0 spiro atoms. The molecule has 0 fully saturated rings. The lowest BCUT2D eigenvalue weighted by Gasteiger charge is -2.42. The maximum atomic E-state index is 2.60. The Labute approximate surface area is 330 Å². The number of anilines is 7. The van der Waals surface area contributed by atoms with Gasteiger partial charge >= 0.3 is 0 Å². The van der Waals surface area contributed by atoms with Gasteiger partial charge in [-0.25, -0.2) is 0 Å². The van der Waals surface area contributed by atoms with Gasteiger partial charge in [0.15, 0.2) is 6.17 Å². The number of para-hydroxylation sites is 6. The van der Waals surface area contributed by atoms with Crippen LogP contribution in [-0.4, -0.2) is 0 Å². The third-order valence-electron chi connectivity index (χ3n) is 11.9. The highest BCUT2D eigenvalue weighted by Crippen LogP contribution is 2.58. The molecule has 0 unspecified atom stereocenters. The summed E-state index contributed by atoms with van der Waals surface area (Å²) in [6, 6.07) is 50.1. The molecule has 6 aromatic carbocycles. The van der Waals surface area contributed by atoms with E-state index in [1.54, 1.807) is 0 Å². The average molecular weight is 723 g/mol. The molecule has 0 N–H and O–H groups in total. The number of rotatable bonds is 8. The van der Waals surface area contributed by atoms with Crippen LogP contribution in [0.2, 0.25) is 0 Å². The second-order valence-corrected chi connectivity index (χ2v) is 17.2. The van der Waals surface area contributed by atoms with E-state index in [-0.39, 0.29) is 5.41 Å². The van der Waals surface area contributed by atoms with Crippen molar-refractivity contribution in [1.29, 1.82) is 0 Å². The molecule has 0 aliphatic carbocycles. The summed E-state index contributed by atoms with van der Waals surface area (Å²) in [5, 5.41) is 0. The number of benzene rings is 6. The largest absolute Gasteiger partial charge is 0.310 e. The third-order valence-corrected chi connectivity index (χ3v) is 11.9. The van der Waals surface area contributed by atoms with Crippen LogP contribution in [-0.2, 0) is 5.41 Å². The minimum absolute atomic E-state index is 0.105. The Morgan fingerprint density at radius 2 is 0.709 bits per heavy atom. The molecule has 279 valence electrons. The predicted molar refractivity (Wildman–Crippen MR) is 236 cm³/mol. The Morgan fingerprint density at radius 1 is 0.364 bits per heavy atom. The molecule has 0 atom stereocenters. The van der Waals surface area contributed by atoms with Gasteiger partial charge in [-0.2, -0.15) is 0 Å². The fourth-order valence-corrected chi connectivity index (χ4v) is 9.13. The quantitative estimate of drug-likeness (QED) is 0.155. The Bertz CT molecular complexity index is 2150. The smallest absolute Gasteiger partial charge is 0.196 e. The normalized spacial score (nSPS) is 15.0. The minimum atomic E-state index is -0.105. The van der Waals surface area contributed by atoms with Crippen LogP contribution in [0.25, 0.3) is 0 Å². The van der Waals surface area contributed by atoms with E-state index in [0.717, 1.165) is 5.69 Å². The van der Waals surface area contributed by atoms with Gasteiger partial charge in [-0.3, -0.25) is 0 Å². The molecule has 8 rings (SSSR count). The number of fused-ring (bicyclic) bond motifs is 3. The number of hydrogen-bond donors (Lipinski definition) is 0. The third kappa shape index (κ3) is 5.95. The van der Waals surface area contributed by atoms with Crippen LogP contribution in [0.15, 0.2) is 133 Å². The molecular weight excluding hydrogens is 667 g/mol. The van der Waals surface area contributed by atoms with Crippen molar-refractivity contribution in [2.45, 2.75) is 98.3 Å². The van der Waals surface area contributed by atoms with Crippen LogP contribution in [0.3, 0.4) is 0 Å². The van der Waals surface area contributed by atoms with Crippen LogP contribution in [0, 0.1) is 6.17 Å². The number of nitrogens with zero attached hydrogens (tertiary/aromatic N) is 3. The van der Waals surface area contributed by atoms with E-state index in [4.69, 9.17) is 0 Å². The van der Waals surface area contributed by atoms with Crippen molar-refractivity contribution in [2.24, 2.45) is 0 Å². The van der Waals surface area contributed by atoms with Gasteiger partial charge in [-0.1, -0.05) is 166 Å². The molecule has 0 amide bonds. The topological polar surface area (TPSA) is 9.72 Å². The first kappa shape index (κ1) is 36.7. The lowest BCUT2D eigenvalue weighted by Crippen LogP contribution is -2.34. The van der Waals surface area contributed by atoms with Crippen molar-refractivity contribution in [3.8, 4) is 0 Å². The molecule has 2 aliphatic heterocycles. The van der Waals surface area contributed by atoms with Gasteiger partial charge in [0.25, 0.3) is 0 Å². The fraction of sp³-hybridized carbons (Fsp3) is 0.288. The summed E-state index contributed by atoms with van der Waals surface area (Å²) in [6.07, 6.45) is 1.18. The van der Waals surface area contributed by atoms with Crippen LogP contribution in [0.1, 0.15) is 132 Å². The second-order valence-electron chi connectivity index (χ2n) is 17.2. The summed E-state index contributed by atoms with van der Waals surface area (Å²) >= 11 is 0. The first-order valence-corrected chi connectivity index (χ1v) is 20.3. The van der Waals surface area contributed by atoms with Crippen molar-refractivity contribution in [2.75, 3.05) is 14.7 Å². The van der Waals surface area contributed by atoms with E-state index in [1.165, 1.54) is 79.2 Å². The lowest BCUT2D eigenvalue weighted by atomic mass is 9.73. The van der Waals surface area contributed by atoms with E-state index in [1.807, 2.05) is 0 Å². The Balaban J connectivity index is 1.39. The lowest BCUT2D eigenvalue weighted by molar-refractivity contribution is 0.632. The second kappa shape index (κ2) is 14.1. The first-order chi connectivity index (χ1) is 26.4. The standard InChI is InChI=1S/C52H56N3/c1-33(2)39-19-17-20-40(34(3)4)49(39)54-47-27-15-16-28-48(47)55(50-41(35(5)6)21-18-22-42(50)36(7)8)51(54)37-29-31-38(32-30-37)53-45-25-13-11-23-43(45)52(9,10)44-24-12-14-26-46(44)53/h11-36H,1-10H3. The maximum absolute atomic E-state index is 2.60. The zero-order chi connectivity index (χ0) is 38.8. The van der Waals surface area contributed by atoms with E-state index in [0.29, 0.717) is 23.7 Å². The fourth-order valence-electron chi connectivity index (χ4n) is 9.13.